The third-order valence-corrected chi connectivity index (χ3v) is 4.57. The first-order valence-corrected chi connectivity index (χ1v) is 8.52. The van der Waals surface area contributed by atoms with Gasteiger partial charge in [-0.2, -0.15) is 4.98 Å². The lowest BCUT2D eigenvalue weighted by Crippen LogP contribution is -2.41. The van der Waals surface area contributed by atoms with Crippen molar-refractivity contribution in [2.24, 2.45) is 0 Å². The van der Waals surface area contributed by atoms with Crippen LogP contribution in [0, 0.1) is 6.92 Å². The third kappa shape index (κ3) is 3.58. The summed E-state index contributed by atoms with van der Waals surface area (Å²) in [5, 5.41) is 7.57. The Bertz CT molecular complexity index is 718. The SMILES string of the molecule is CCc1noc(-c2ccc(C)c(NC3CCN(C(C)=O)CC3)c2)n1. The largest absolute Gasteiger partial charge is 0.382 e. The van der Waals surface area contributed by atoms with E-state index >= 15 is 0 Å². The Kier molecular flexibility index (Phi) is 4.83. The second kappa shape index (κ2) is 7.03. The fourth-order valence-electron chi connectivity index (χ4n) is 2.98. The molecule has 6 nitrogen and oxygen atoms in total. The van der Waals surface area contributed by atoms with Crippen LogP contribution < -0.4 is 5.32 Å². The number of carbonyl (C=O) groups excluding carboxylic acids is 1. The monoisotopic (exact) mass is 328 g/mol. The summed E-state index contributed by atoms with van der Waals surface area (Å²) in [6.07, 6.45) is 2.68. The zero-order chi connectivity index (χ0) is 17.1. The Morgan fingerprint density at radius 3 is 2.75 bits per heavy atom. The number of amides is 1. The molecule has 0 atom stereocenters. The van der Waals surface area contributed by atoms with E-state index in [2.05, 4.69) is 34.5 Å². The smallest absolute Gasteiger partial charge is 0.257 e. The van der Waals surface area contributed by atoms with Gasteiger partial charge >= 0.3 is 0 Å². The van der Waals surface area contributed by atoms with Gasteiger partial charge < -0.3 is 14.7 Å². The molecule has 1 aromatic carbocycles. The average Bonchev–Trinajstić information content (AvgIpc) is 3.06. The van der Waals surface area contributed by atoms with Crippen LogP contribution in [0.3, 0.4) is 0 Å². The van der Waals surface area contributed by atoms with E-state index in [4.69, 9.17) is 4.52 Å². The van der Waals surface area contributed by atoms with E-state index in [-0.39, 0.29) is 5.91 Å². The number of piperidine rings is 1. The second-order valence-electron chi connectivity index (χ2n) is 6.32. The van der Waals surface area contributed by atoms with Crippen LogP contribution >= 0.6 is 0 Å². The number of anilines is 1. The van der Waals surface area contributed by atoms with Gasteiger partial charge in [0.1, 0.15) is 0 Å². The van der Waals surface area contributed by atoms with Crippen LogP contribution in [0.1, 0.15) is 38.1 Å². The van der Waals surface area contributed by atoms with E-state index in [0.29, 0.717) is 11.9 Å². The van der Waals surface area contributed by atoms with E-state index in [0.717, 1.165) is 49.4 Å². The number of carbonyl (C=O) groups is 1. The number of hydrogen-bond donors (Lipinski definition) is 1. The maximum absolute atomic E-state index is 11.4. The highest BCUT2D eigenvalue weighted by atomic mass is 16.5. The number of nitrogens with one attached hydrogen (secondary N) is 1. The molecule has 6 heteroatoms. The molecule has 128 valence electrons. The summed E-state index contributed by atoms with van der Waals surface area (Å²) in [5.74, 6) is 1.44. The zero-order valence-corrected chi connectivity index (χ0v) is 14.5. The third-order valence-electron chi connectivity index (χ3n) is 4.57. The molecule has 0 bridgehead atoms. The van der Waals surface area contributed by atoms with Gasteiger partial charge in [0.15, 0.2) is 5.82 Å². The van der Waals surface area contributed by atoms with E-state index < -0.39 is 0 Å². The topological polar surface area (TPSA) is 71.3 Å². The van der Waals surface area contributed by atoms with Crippen molar-refractivity contribution in [2.45, 2.75) is 46.1 Å². The summed E-state index contributed by atoms with van der Waals surface area (Å²) in [6.45, 7) is 7.35. The van der Waals surface area contributed by atoms with Gasteiger partial charge in [-0.25, -0.2) is 0 Å². The molecule has 1 N–H and O–H groups in total. The van der Waals surface area contributed by atoms with Gasteiger partial charge in [-0.15, -0.1) is 0 Å². The van der Waals surface area contributed by atoms with Crippen molar-refractivity contribution >= 4 is 11.6 Å². The van der Waals surface area contributed by atoms with Crippen LogP contribution in [0.25, 0.3) is 11.5 Å². The molecule has 2 heterocycles. The first-order valence-electron chi connectivity index (χ1n) is 8.52. The van der Waals surface area contributed by atoms with E-state index in [1.165, 1.54) is 5.56 Å². The predicted octanol–water partition coefficient (Wildman–Crippen LogP) is 3.03. The van der Waals surface area contributed by atoms with Crippen molar-refractivity contribution in [1.29, 1.82) is 0 Å². The molecule has 1 fully saturated rings. The molecule has 0 saturated carbocycles. The van der Waals surface area contributed by atoms with Crippen molar-refractivity contribution in [3.63, 3.8) is 0 Å². The highest BCUT2D eigenvalue weighted by Crippen LogP contribution is 2.26. The highest BCUT2D eigenvalue weighted by Gasteiger charge is 2.21. The Morgan fingerprint density at radius 2 is 2.12 bits per heavy atom. The van der Waals surface area contributed by atoms with Crippen LogP contribution in [0.5, 0.6) is 0 Å². The molecule has 24 heavy (non-hydrogen) atoms. The number of hydrogen-bond acceptors (Lipinski definition) is 5. The number of aromatic nitrogens is 2. The fourth-order valence-corrected chi connectivity index (χ4v) is 2.98. The molecule has 1 saturated heterocycles. The lowest BCUT2D eigenvalue weighted by molar-refractivity contribution is -0.129. The molecular formula is C18H24N4O2. The number of nitrogens with zero attached hydrogens (tertiary/aromatic N) is 3. The van der Waals surface area contributed by atoms with Crippen LogP contribution in [0.2, 0.25) is 0 Å². The van der Waals surface area contributed by atoms with Crippen LogP contribution in [-0.2, 0) is 11.2 Å². The fraction of sp³-hybridized carbons (Fsp3) is 0.500. The minimum absolute atomic E-state index is 0.162. The molecular weight excluding hydrogens is 304 g/mol. The van der Waals surface area contributed by atoms with Gasteiger partial charge in [0, 0.05) is 43.7 Å². The number of likely N-dealkylation sites (tertiary alicyclic amines) is 1. The maximum atomic E-state index is 11.4. The zero-order valence-electron chi connectivity index (χ0n) is 14.5. The number of aryl methyl sites for hydroxylation is 2. The molecule has 1 aliphatic rings. The lowest BCUT2D eigenvalue weighted by Gasteiger charge is -2.32. The summed E-state index contributed by atoms with van der Waals surface area (Å²) in [7, 11) is 0. The van der Waals surface area contributed by atoms with Crippen LogP contribution in [-0.4, -0.2) is 40.1 Å². The van der Waals surface area contributed by atoms with Crippen molar-refractivity contribution in [3.05, 3.63) is 29.6 Å². The van der Waals surface area contributed by atoms with Gasteiger partial charge in [0.2, 0.25) is 5.91 Å². The predicted molar refractivity (Wildman–Crippen MR) is 92.7 cm³/mol. The van der Waals surface area contributed by atoms with Crippen molar-refractivity contribution in [3.8, 4) is 11.5 Å². The van der Waals surface area contributed by atoms with E-state index in [1.807, 2.05) is 17.9 Å². The minimum atomic E-state index is 0.162. The molecule has 3 rings (SSSR count). The molecule has 0 unspecified atom stereocenters. The quantitative estimate of drug-likeness (QED) is 0.934. The second-order valence-corrected chi connectivity index (χ2v) is 6.32. The molecule has 0 aliphatic carbocycles. The van der Waals surface area contributed by atoms with Crippen molar-refractivity contribution < 1.29 is 9.32 Å². The lowest BCUT2D eigenvalue weighted by atomic mass is 10.0. The molecule has 0 spiro atoms. The number of benzene rings is 1. The first-order chi connectivity index (χ1) is 11.6. The summed E-state index contributed by atoms with van der Waals surface area (Å²) in [5.41, 5.74) is 3.20. The van der Waals surface area contributed by atoms with Crippen LogP contribution in [0.4, 0.5) is 5.69 Å². The Labute approximate surface area is 142 Å². The van der Waals surface area contributed by atoms with E-state index in [9.17, 15) is 4.79 Å². The minimum Gasteiger partial charge on any atom is -0.382 e. The van der Waals surface area contributed by atoms with Crippen LogP contribution in [0.15, 0.2) is 22.7 Å². The van der Waals surface area contributed by atoms with Crippen molar-refractivity contribution in [1.82, 2.24) is 15.0 Å². The molecule has 2 aromatic rings. The van der Waals surface area contributed by atoms with Gasteiger partial charge in [-0.05, 0) is 37.5 Å². The maximum Gasteiger partial charge on any atom is 0.257 e. The highest BCUT2D eigenvalue weighted by molar-refractivity contribution is 5.73. The van der Waals surface area contributed by atoms with Gasteiger partial charge in [-0.1, -0.05) is 18.1 Å². The Balaban J connectivity index is 1.72. The standard InChI is InChI=1S/C18H24N4O2/c1-4-17-20-18(24-21-17)14-6-5-12(2)16(11-14)19-15-7-9-22(10-8-15)13(3)23/h5-6,11,15,19H,4,7-10H2,1-3H3. The van der Waals surface area contributed by atoms with Gasteiger partial charge in [0.25, 0.3) is 5.89 Å². The summed E-state index contributed by atoms with van der Waals surface area (Å²) < 4.78 is 5.33. The molecule has 0 radical (unpaired) electrons. The average molecular weight is 328 g/mol. The van der Waals surface area contributed by atoms with E-state index in [1.54, 1.807) is 6.92 Å². The van der Waals surface area contributed by atoms with Gasteiger partial charge in [-0.3, -0.25) is 4.79 Å². The first kappa shape index (κ1) is 16.5. The Hall–Kier alpha value is -2.37. The summed E-state index contributed by atoms with van der Waals surface area (Å²) in [4.78, 5) is 17.7. The van der Waals surface area contributed by atoms with Gasteiger partial charge in [0.05, 0.1) is 0 Å². The summed E-state index contributed by atoms with van der Waals surface area (Å²) in [6, 6.07) is 6.52. The number of rotatable bonds is 4. The molecule has 1 aromatic heterocycles. The molecule has 1 amide bonds. The Morgan fingerprint density at radius 1 is 1.38 bits per heavy atom. The normalized spacial score (nSPS) is 15.5. The molecule has 1 aliphatic heterocycles. The van der Waals surface area contributed by atoms with Crippen molar-refractivity contribution in [2.75, 3.05) is 18.4 Å². The summed E-state index contributed by atoms with van der Waals surface area (Å²) >= 11 is 0.